The molecular weight excluding hydrogens is 498 g/mol. The lowest BCUT2D eigenvalue weighted by Crippen LogP contribution is -2.36. The zero-order valence-electron chi connectivity index (χ0n) is 18.9. The van der Waals surface area contributed by atoms with Crippen LogP contribution in [0, 0.1) is 5.92 Å². The molecule has 1 unspecified atom stereocenters. The van der Waals surface area contributed by atoms with Crippen molar-refractivity contribution in [3.8, 4) is 0 Å². The number of rotatable bonds is 11. The SMILES string of the molecule is CCOC(=O)C(C(=O)OCC)C(Nc1ccc(S(=O)(=O)Nc2cc(Cl)on2)cc1)c1ccccc1. The van der Waals surface area contributed by atoms with Gasteiger partial charge in [-0.25, -0.2) is 8.42 Å². The Labute approximate surface area is 207 Å². The van der Waals surface area contributed by atoms with Crippen LogP contribution in [0.15, 0.2) is 70.1 Å². The lowest BCUT2D eigenvalue weighted by Gasteiger charge is -2.26. The number of anilines is 2. The van der Waals surface area contributed by atoms with Gasteiger partial charge in [0.1, 0.15) is 0 Å². The third kappa shape index (κ3) is 6.74. The summed E-state index contributed by atoms with van der Waals surface area (Å²) in [5.41, 5.74) is 1.10. The fourth-order valence-electron chi connectivity index (χ4n) is 3.26. The summed E-state index contributed by atoms with van der Waals surface area (Å²) in [4.78, 5) is 25.5. The van der Waals surface area contributed by atoms with Crippen LogP contribution in [0.2, 0.25) is 5.22 Å². The monoisotopic (exact) mass is 521 g/mol. The Morgan fingerprint density at radius 3 is 2.11 bits per heavy atom. The highest BCUT2D eigenvalue weighted by atomic mass is 35.5. The van der Waals surface area contributed by atoms with Gasteiger partial charge in [0, 0.05) is 11.8 Å². The lowest BCUT2D eigenvalue weighted by molar-refractivity contribution is -0.162. The molecule has 1 heterocycles. The van der Waals surface area contributed by atoms with E-state index in [1.807, 2.05) is 0 Å². The highest BCUT2D eigenvalue weighted by Crippen LogP contribution is 2.30. The third-order valence-corrected chi connectivity index (χ3v) is 6.33. The average molecular weight is 522 g/mol. The smallest absolute Gasteiger partial charge is 0.322 e. The Balaban J connectivity index is 1.90. The number of aromatic nitrogens is 1. The van der Waals surface area contributed by atoms with E-state index in [-0.39, 0.29) is 29.1 Å². The van der Waals surface area contributed by atoms with Gasteiger partial charge in [-0.1, -0.05) is 35.5 Å². The predicted octanol–water partition coefficient (Wildman–Crippen LogP) is 4.02. The van der Waals surface area contributed by atoms with Crippen LogP contribution in [0.4, 0.5) is 11.5 Å². The van der Waals surface area contributed by atoms with E-state index in [1.165, 1.54) is 30.3 Å². The van der Waals surface area contributed by atoms with E-state index in [2.05, 4.69) is 19.7 Å². The Morgan fingerprint density at radius 1 is 1.00 bits per heavy atom. The molecule has 0 bridgehead atoms. The van der Waals surface area contributed by atoms with Crippen LogP contribution in [-0.4, -0.2) is 38.7 Å². The van der Waals surface area contributed by atoms with Crippen molar-refractivity contribution in [1.29, 1.82) is 0 Å². The maximum absolute atomic E-state index is 12.8. The maximum atomic E-state index is 12.8. The largest absolute Gasteiger partial charge is 0.465 e. The molecule has 0 saturated carbocycles. The van der Waals surface area contributed by atoms with Gasteiger partial charge in [-0.2, -0.15) is 0 Å². The molecular formula is C23H24ClN3O7S. The summed E-state index contributed by atoms with van der Waals surface area (Å²) in [6.45, 7) is 3.47. The Kier molecular flexibility index (Phi) is 8.72. The summed E-state index contributed by atoms with van der Waals surface area (Å²) in [6.07, 6.45) is 0. The fourth-order valence-corrected chi connectivity index (χ4v) is 4.38. The summed E-state index contributed by atoms with van der Waals surface area (Å²) >= 11 is 5.63. The zero-order chi connectivity index (χ0) is 25.4. The molecule has 0 amide bonds. The number of sulfonamides is 1. The molecule has 0 saturated heterocycles. The molecule has 0 aliphatic heterocycles. The number of hydrogen-bond acceptors (Lipinski definition) is 9. The molecule has 0 fully saturated rings. The molecule has 35 heavy (non-hydrogen) atoms. The summed E-state index contributed by atoms with van der Waals surface area (Å²) in [5, 5.41) is 6.58. The van der Waals surface area contributed by atoms with Crippen molar-refractivity contribution in [2.24, 2.45) is 5.92 Å². The maximum Gasteiger partial charge on any atom is 0.322 e. The first-order valence-corrected chi connectivity index (χ1v) is 12.5. The molecule has 10 nitrogen and oxygen atoms in total. The topological polar surface area (TPSA) is 137 Å². The number of benzene rings is 2. The number of ether oxygens (including phenoxy) is 2. The van der Waals surface area contributed by atoms with Gasteiger partial charge in [-0.3, -0.25) is 14.3 Å². The van der Waals surface area contributed by atoms with Crippen molar-refractivity contribution < 1.29 is 32.0 Å². The second kappa shape index (κ2) is 11.7. The van der Waals surface area contributed by atoms with E-state index in [0.717, 1.165) is 0 Å². The fraction of sp³-hybridized carbons (Fsp3) is 0.261. The van der Waals surface area contributed by atoms with Crippen molar-refractivity contribution in [3.63, 3.8) is 0 Å². The quantitative estimate of drug-likeness (QED) is 0.283. The third-order valence-electron chi connectivity index (χ3n) is 4.78. The van der Waals surface area contributed by atoms with Crippen LogP contribution < -0.4 is 10.0 Å². The van der Waals surface area contributed by atoms with Gasteiger partial charge in [0.25, 0.3) is 10.0 Å². The second-order valence-corrected chi connectivity index (χ2v) is 9.22. The number of carbonyl (C=O) groups excluding carboxylic acids is 2. The molecule has 1 atom stereocenters. The highest BCUT2D eigenvalue weighted by molar-refractivity contribution is 7.92. The number of carbonyl (C=O) groups is 2. The second-order valence-electron chi connectivity index (χ2n) is 7.16. The minimum atomic E-state index is -3.96. The van der Waals surface area contributed by atoms with Crippen LogP contribution in [0.5, 0.6) is 0 Å². The van der Waals surface area contributed by atoms with Gasteiger partial charge in [0.2, 0.25) is 5.22 Å². The van der Waals surface area contributed by atoms with E-state index < -0.39 is 33.9 Å². The first kappa shape index (κ1) is 26.0. The van der Waals surface area contributed by atoms with Crippen LogP contribution in [0.25, 0.3) is 0 Å². The van der Waals surface area contributed by atoms with Crippen molar-refractivity contribution in [2.45, 2.75) is 24.8 Å². The number of esters is 2. The Morgan fingerprint density at radius 2 is 1.60 bits per heavy atom. The van der Waals surface area contributed by atoms with Crippen LogP contribution >= 0.6 is 11.6 Å². The van der Waals surface area contributed by atoms with E-state index in [1.54, 1.807) is 44.2 Å². The molecule has 2 N–H and O–H groups in total. The van der Waals surface area contributed by atoms with E-state index in [9.17, 15) is 18.0 Å². The Bertz CT molecular complexity index is 1230. The average Bonchev–Trinajstić information content (AvgIpc) is 3.23. The predicted molar refractivity (Wildman–Crippen MR) is 128 cm³/mol. The minimum Gasteiger partial charge on any atom is -0.465 e. The first-order chi connectivity index (χ1) is 16.7. The van der Waals surface area contributed by atoms with Crippen molar-refractivity contribution in [3.05, 3.63) is 71.4 Å². The Hall–Kier alpha value is -3.57. The molecule has 0 aliphatic rings. The molecule has 0 radical (unpaired) electrons. The lowest BCUT2D eigenvalue weighted by atomic mass is 9.92. The minimum absolute atomic E-state index is 0.0502. The summed E-state index contributed by atoms with van der Waals surface area (Å²) in [7, 11) is -3.96. The summed E-state index contributed by atoms with van der Waals surface area (Å²) in [6, 6.07) is 15.0. The van der Waals surface area contributed by atoms with E-state index >= 15 is 0 Å². The van der Waals surface area contributed by atoms with Crippen LogP contribution in [0.1, 0.15) is 25.5 Å². The normalized spacial score (nSPS) is 12.1. The van der Waals surface area contributed by atoms with Gasteiger partial charge in [0.05, 0.1) is 24.2 Å². The van der Waals surface area contributed by atoms with Crippen molar-refractivity contribution in [1.82, 2.24) is 5.16 Å². The van der Waals surface area contributed by atoms with Gasteiger partial charge < -0.3 is 19.3 Å². The van der Waals surface area contributed by atoms with Crippen LogP contribution in [0.3, 0.4) is 0 Å². The molecule has 3 aromatic rings. The molecule has 3 rings (SSSR count). The van der Waals surface area contributed by atoms with Gasteiger partial charge in [-0.05, 0) is 55.3 Å². The number of nitrogens with zero attached hydrogens (tertiary/aromatic N) is 1. The first-order valence-electron chi connectivity index (χ1n) is 10.6. The molecule has 186 valence electrons. The summed E-state index contributed by atoms with van der Waals surface area (Å²) < 4.78 is 42.4. The molecule has 12 heteroatoms. The number of nitrogens with one attached hydrogen (secondary N) is 2. The van der Waals surface area contributed by atoms with Crippen LogP contribution in [-0.2, 0) is 29.1 Å². The van der Waals surface area contributed by atoms with Gasteiger partial charge in [-0.15, -0.1) is 0 Å². The summed E-state index contributed by atoms with van der Waals surface area (Å²) in [5.74, 6) is -2.82. The van der Waals surface area contributed by atoms with Gasteiger partial charge in [0.15, 0.2) is 11.7 Å². The highest BCUT2D eigenvalue weighted by Gasteiger charge is 2.38. The van der Waals surface area contributed by atoms with E-state index in [4.69, 9.17) is 21.1 Å². The molecule has 0 aliphatic carbocycles. The van der Waals surface area contributed by atoms with E-state index in [0.29, 0.717) is 11.3 Å². The zero-order valence-corrected chi connectivity index (χ0v) is 20.5. The van der Waals surface area contributed by atoms with Crippen molar-refractivity contribution >= 4 is 45.1 Å². The van der Waals surface area contributed by atoms with Gasteiger partial charge >= 0.3 is 11.9 Å². The standard InChI is InChI=1S/C23H24ClN3O7S/c1-3-32-22(28)20(23(29)33-4-2)21(15-8-6-5-7-9-15)25-16-10-12-17(13-11-16)35(30,31)27-19-14-18(24)34-26-19/h5-14,20-21,25H,3-4H2,1-2H3,(H,26,27). The van der Waals surface area contributed by atoms with Crippen molar-refractivity contribution in [2.75, 3.05) is 23.3 Å². The number of halogens is 1. The molecule has 1 aromatic heterocycles. The molecule has 2 aromatic carbocycles. The number of hydrogen-bond donors (Lipinski definition) is 2. The molecule has 0 spiro atoms.